The van der Waals surface area contributed by atoms with Gasteiger partial charge >= 0.3 is 0 Å². The highest BCUT2D eigenvalue weighted by atomic mass is 28.3. The molecule has 2 heteroatoms. The molecule has 0 N–H and O–H groups in total. The molecule has 1 aliphatic heterocycles. The summed E-state index contributed by atoms with van der Waals surface area (Å²) in [7, 11) is -0.580. The standard InChI is InChI=1S/C13H17OSi/c1-2-12-7-3-4-8-13(12)11-15-10-6-5-9-14-15/h2-4,7-8H,1,5-6,9-11H2. The smallest absolute Gasteiger partial charge is 0.215 e. The predicted octanol–water partition coefficient (Wildman–Crippen LogP) is 3.21. The van der Waals surface area contributed by atoms with Crippen LogP contribution in [-0.2, 0) is 10.5 Å². The fourth-order valence-corrected chi connectivity index (χ4v) is 4.21. The van der Waals surface area contributed by atoms with Gasteiger partial charge in [0.15, 0.2) is 0 Å². The van der Waals surface area contributed by atoms with Gasteiger partial charge in [0.2, 0.25) is 9.04 Å². The summed E-state index contributed by atoms with van der Waals surface area (Å²) < 4.78 is 5.85. The first kappa shape index (κ1) is 10.6. The van der Waals surface area contributed by atoms with E-state index in [0.717, 1.165) is 12.7 Å². The van der Waals surface area contributed by atoms with Gasteiger partial charge in [0, 0.05) is 6.61 Å². The molecule has 0 unspecified atom stereocenters. The van der Waals surface area contributed by atoms with E-state index in [4.69, 9.17) is 4.43 Å². The van der Waals surface area contributed by atoms with E-state index in [1.165, 1.54) is 30.0 Å². The highest BCUT2D eigenvalue weighted by molar-refractivity contribution is 6.51. The topological polar surface area (TPSA) is 9.23 Å². The van der Waals surface area contributed by atoms with Crippen LogP contribution in [0.15, 0.2) is 30.8 Å². The van der Waals surface area contributed by atoms with Crippen LogP contribution in [0.3, 0.4) is 0 Å². The Hall–Kier alpha value is -0.863. The van der Waals surface area contributed by atoms with Crippen LogP contribution in [0.2, 0.25) is 6.04 Å². The van der Waals surface area contributed by atoms with Crippen LogP contribution in [-0.4, -0.2) is 15.6 Å². The summed E-state index contributed by atoms with van der Waals surface area (Å²) in [6.07, 6.45) is 4.54. The van der Waals surface area contributed by atoms with Gasteiger partial charge in [0.1, 0.15) is 0 Å². The van der Waals surface area contributed by atoms with Gasteiger partial charge < -0.3 is 4.43 Å². The van der Waals surface area contributed by atoms with Crippen LogP contribution in [0, 0.1) is 0 Å². The maximum atomic E-state index is 5.85. The lowest BCUT2D eigenvalue weighted by molar-refractivity contribution is 0.286. The van der Waals surface area contributed by atoms with E-state index < -0.39 is 9.04 Å². The van der Waals surface area contributed by atoms with Crippen molar-refractivity contribution in [1.82, 2.24) is 0 Å². The molecular formula is C13H17OSi. The molecule has 1 aromatic carbocycles. The second-order valence-corrected chi connectivity index (χ2v) is 6.14. The van der Waals surface area contributed by atoms with Crippen molar-refractivity contribution in [2.24, 2.45) is 0 Å². The second-order valence-electron chi connectivity index (χ2n) is 3.92. The van der Waals surface area contributed by atoms with Gasteiger partial charge in [0.25, 0.3) is 0 Å². The average Bonchev–Trinajstić information content (AvgIpc) is 2.31. The van der Waals surface area contributed by atoms with Crippen LogP contribution < -0.4 is 0 Å². The van der Waals surface area contributed by atoms with Gasteiger partial charge in [-0.25, -0.2) is 0 Å². The molecule has 1 heterocycles. The lowest BCUT2D eigenvalue weighted by atomic mass is 10.1. The van der Waals surface area contributed by atoms with Crippen LogP contribution in [0.5, 0.6) is 0 Å². The maximum absolute atomic E-state index is 5.85. The van der Waals surface area contributed by atoms with Gasteiger partial charge in [-0.15, -0.1) is 0 Å². The highest BCUT2D eigenvalue weighted by Gasteiger charge is 2.18. The van der Waals surface area contributed by atoms with Crippen LogP contribution >= 0.6 is 0 Å². The Morgan fingerprint density at radius 2 is 2.20 bits per heavy atom. The Labute approximate surface area is 93.5 Å². The molecule has 79 valence electrons. The highest BCUT2D eigenvalue weighted by Crippen LogP contribution is 2.18. The molecule has 1 saturated heterocycles. The largest absolute Gasteiger partial charge is 0.416 e. The van der Waals surface area contributed by atoms with Crippen molar-refractivity contribution in [3.63, 3.8) is 0 Å². The van der Waals surface area contributed by atoms with E-state index in [1.807, 2.05) is 6.08 Å². The van der Waals surface area contributed by atoms with Crippen molar-refractivity contribution in [2.75, 3.05) is 6.61 Å². The first-order chi connectivity index (χ1) is 7.40. The molecule has 1 aromatic rings. The quantitative estimate of drug-likeness (QED) is 0.706. The number of hydrogen-bond acceptors (Lipinski definition) is 1. The lowest BCUT2D eigenvalue weighted by Gasteiger charge is -2.20. The van der Waals surface area contributed by atoms with Crippen molar-refractivity contribution in [3.8, 4) is 0 Å². The van der Waals surface area contributed by atoms with E-state index >= 15 is 0 Å². The van der Waals surface area contributed by atoms with E-state index in [1.54, 1.807) is 0 Å². The Balaban J connectivity index is 2.05. The molecule has 15 heavy (non-hydrogen) atoms. The van der Waals surface area contributed by atoms with Crippen LogP contribution in [0.25, 0.3) is 6.08 Å². The molecule has 1 aliphatic rings. The Kier molecular flexibility index (Phi) is 3.75. The van der Waals surface area contributed by atoms with E-state index in [0.29, 0.717) is 0 Å². The summed E-state index contributed by atoms with van der Waals surface area (Å²) in [6, 6.07) is 10.9. The number of benzene rings is 1. The third-order valence-electron chi connectivity index (χ3n) is 2.82. The van der Waals surface area contributed by atoms with Crippen LogP contribution in [0.1, 0.15) is 24.0 Å². The fourth-order valence-electron chi connectivity index (χ4n) is 1.96. The second kappa shape index (κ2) is 5.28. The van der Waals surface area contributed by atoms with Crippen molar-refractivity contribution in [2.45, 2.75) is 24.9 Å². The van der Waals surface area contributed by atoms with Crippen molar-refractivity contribution >= 4 is 15.1 Å². The van der Waals surface area contributed by atoms with Crippen molar-refractivity contribution in [1.29, 1.82) is 0 Å². The molecule has 2 rings (SSSR count). The summed E-state index contributed by atoms with van der Waals surface area (Å²) in [6.45, 7) is 4.83. The van der Waals surface area contributed by atoms with Gasteiger partial charge in [-0.3, -0.25) is 0 Å². The van der Waals surface area contributed by atoms with Crippen molar-refractivity contribution in [3.05, 3.63) is 42.0 Å². The summed E-state index contributed by atoms with van der Waals surface area (Å²) in [5, 5.41) is 0. The Morgan fingerprint density at radius 1 is 1.33 bits per heavy atom. The zero-order chi connectivity index (χ0) is 10.5. The molecule has 0 aromatic heterocycles. The first-order valence-electron chi connectivity index (χ1n) is 5.58. The Bertz CT molecular complexity index is 329. The molecule has 1 fully saturated rings. The summed E-state index contributed by atoms with van der Waals surface area (Å²) in [5.74, 6) is 0. The molecule has 0 amide bonds. The first-order valence-corrected chi connectivity index (χ1v) is 7.40. The molecule has 1 nitrogen and oxygen atoms in total. The molecule has 0 saturated carbocycles. The molecule has 1 radical (unpaired) electrons. The third-order valence-corrected chi connectivity index (χ3v) is 5.12. The summed E-state index contributed by atoms with van der Waals surface area (Å²) in [5.41, 5.74) is 2.67. The van der Waals surface area contributed by atoms with E-state index in [9.17, 15) is 0 Å². The minimum atomic E-state index is -0.580. The summed E-state index contributed by atoms with van der Waals surface area (Å²) >= 11 is 0. The predicted molar refractivity (Wildman–Crippen MR) is 66.0 cm³/mol. The lowest BCUT2D eigenvalue weighted by Crippen LogP contribution is -2.26. The third kappa shape index (κ3) is 2.80. The monoisotopic (exact) mass is 217 g/mol. The minimum absolute atomic E-state index is 0.580. The molecule has 0 atom stereocenters. The van der Waals surface area contributed by atoms with Gasteiger partial charge in [-0.2, -0.15) is 0 Å². The zero-order valence-electron chi connectivity index (χ0n) is 9.04. The van der Waals surface area contributed by atoms with Crippen molar-refractivity contribution < 1.29 is 4.43 Å². The normalized spacial score (nSPS) is 17.6. The molecular weight excluding hydrogens is 200 g/mol. The molecule has 0 spiro atoms. The van der Waals surface area contributed by atoms with E-state index in [-0.39, 0.29) is 0 Å². The van der Waals surface area contributed by atoms with Gasteiger partial charge in [0.05, 0.1) is 0 Å². The molecule has 0 aliphatic carbocycles. The molecule has 0 bridgehead atoms. The number of rotatable bonds is 3. The Morgan fingerprint density at radius 3 is 2.93 bits per heavy atom. The zero-order valence-corrected chi connectivity index (χ0v) is 10.0. The SMILES string of the molecule is C=Cc1ccccc1C[Si]1CCCCO1. The maximum Gasteiger partial charge on any atom is 0.215 e. The average molecular weight is 217 g/mol. The number of hydrogen-bond donors (Lipinski definition) is 0. The van der Waals surface area contributed by atoms with Crippen LogP contribution in [0.4, 0.5) is 0 Å². The van der Waals surface area contributed by atoms with Gasteiger partial charge in [-0.1, -0.05) is 43.3 Å². The summed E-state index contributed by atoms with van der Waals surface area (Å²) in [4.78, 5) is 0. The van der Waals surface area contributed by atoms with Gasteiger partial charge in [-0.05, 0) is 29.6 Å². The fraction of sp³-hybridized carbons (Fsp3) is 0.385. The minimum Gasteiger partial charge on any atom is -0.416 e. The van der Waals surface area contributed by atoms with E-state index in [2.05, 4.69) is 30.8 Å².